The van der Waals surface area contributed by atoms with Crippen molar-refractivity contribution in [2.45, 2.75) is 51.2 Å². The van der Waals surface area contributed by atoms with Gasteiger partial charge < -0.3 is 10.2 Å². The molecule has 2 amide bonds. The van der Waals surface area contributed by atoms with Crippen LogP contribution >= 0.6 is 0 Å². The molecule has 2 fully saturated rings. The topological polar surface area (TPSA) is 55.9 Å². The summed E-state index contributed by atoms with van der Waals surface area (Å²) in [5.74, 6) is -0.310. The van der Waals surface area contributed by atoms with E-state index < -0.39 is 17.6 Å². The quantitative estimate of drug-likeness (QED) is 0.686. The lowest BCUT2D eigenvalue weighted by molar-refractivity contribution is -0.137. The third-order valence-electron chi connectivity index (χ3n) is 6.37. The molecule has 6 nitrogen and oxygen atoms in total. The monoisotopic (exact) mass is 454 g/mol. The minimum Gasteiger partial charge on any atom is -0.339 e. The lowest BCUT2D eigenvalue weighted by Crippen LogP contribution is -2.52. The first-order valence-corrected chi connectivity index (χ1v) is 11.5. The second-order valence-electron chi connectivity index (χ2n) is 8.62. The zero-order valence-electron chi connectivity index (χ0n) is 18.7. The number of halogens is 3. The Morgan fingerprint density at radius 2 is 1.59 bits per heavy atom. The van der Waals surface area contributed by atoms with Gasteiger partial charge in [-0.3, -0.25) is 19.4 Å². The number of hydrogen-bond donors (Lipinski definition) is 1. The number of amides is 2. The molecule has 1 saturated heterocycles. The molecule has 32 heavy (non-hydrogen) atoms. The molecule has 0 unspecified atom stereocenters. The van der Waals surface area contributed by atoms with Crippen molar-refractivity contribution in [1.29, 1.82) is 0 Å². The van der Waals surface area contributed by atoms with Crippen LogP contribution in [0.1, 0.15) is 44.6 Å². The molecule has 1 aromatic carbocycles. The number of alkyl halides is 3. The predicted molar refractivity (Wildman–Crippen MR) is 117 cm³/mol. The smallest absolute Gasteiger partial charge is 0.339 e. The normalized spacial score (nSPS) is 19.0. The Morgan fingerprint density at radius 3 is 2.19 bits per heavy atom. The van der Waals surface area contributed by atoms with Crippen molar-refractivity contribution in [3.05, 3.63) is 29.8 Å². The maximum absolute atomic E-state index is 13.1. The third-order valence-corrected chi connectivity index (χ3v) is 6.37. The molecule has 0 bridgehead atoms. The highest BCUT2D eigenvalue weighted by Crippen LogP contribution is 2.34. The number of piperazine rings is 1. The molecule has 1 aromatic rings. The van der Waals surface area contributed by atoms with Gasteiger partial charge in [-0.15, -0.1) is 0 Å². The van der Waals surface area contributed by atoms with Crippen molar-refractivity contribution in [2.24, 2.45) is 0 Å². The maximum atomic E-state index is 13.1. The van der Waals surface area contributed by atoms with Crippen molar-refractivity contribution in [3.63, 3.8) is 0 Å². The number of likely N-dealkylation sites (N-methyl/N-ethyl adjacent to an activating group) is 1. The summed E-state index contributed by atoms with van der Waals surface area (Å²) in [6.45, 7) is 5.65. The molecule has 1 aliphatic carbocycles. The van der Waals surface area contributed by atoms with Crippen LogP contribution < -0.4 is 5.32 Å². The first-order chi connectivity index (χ1) is 15.3. The van der Waals surface area contributed by atoms with Gasteiger partial charge in [0, 0.05) is 38.8 Å². The zero-order chi connectivity index (χ0) is 23.1. The van der Waals surface area contributed by atoms with Gasteiger partial charge in [0.2, 0.25) is 11.8 Å². The molecule has 3 rings (SSSR count). The van der Waals surface area contributed by atoms with Gasteiger partial charge in [-0.1, -0.05) is 31.4 Å². The number of rotatable bonds is 7. The standard InChI is InChI=1S/C23H33F3N4O2/c1-2-30(18-8-4-3-5-9-18)22(32)17-29-14-12-28(13-15-29)16-21(31)27-20-11-7-6-10-19(20)23(24,25)26/h6-7,10-11,18H,2-5,8-9,12-17H2,1H3,(H,27,31). The second-order valence-corrected chi connectivity index (χ2v) is 8.62. The Kier molecular flexibility index (Phi) is 8.53. The fourth-order valence-corrected chi connectivity index (χ4v) is 4.65. The fourth-order valence-electron chi connectivity index (χ4n) is 4.65. The minimum absolute atomic E-state index is 0.0249. The van der Waals surface area contributed by atoms with Gasteiger partial charge in [-0.2, -0.15) is 13.2 Å². The van der Waals surface area contributed by atoms with Gasteiger partial charge in [-0.25, -0.2) is 0 Å². The number of carbonyl (C=O) groups excluding carboxylic acids is 2. The van der Waals surface area contributed by atoms with Gasteiger partial charge in [-0.05, 0) is 31.9 Å². The summed E-state index contributed by atoms with van der Waals surface area (Å²) < 4.78 is 39.3. The molecule has 1 aliphatic heterocycles. The van der Waals surface area contributed by atoms with Crippen LogP contribution in [0.25, 0.3) is 0 Å². The number of nitrogens with zero attached hydrogens (tertiary/aromatic N) is 3. The molecule has 1 saturated carbocycles. The fraction of sp³-hybridized carbons (Fsp3) is 0.652. The molecule has 0 aromatic heterocycles. The highest BCUT2D eigenvalue weighted by atomic mass is 19.4. The molecule has 0 spiro atoms. The Bertz CT molecular complexity index is 773. The van der Waals surface area contributed by atoms with E-state index in [-0.39, 0.29) is 18.1 Å². The van der Waals surface area contributed by atoms with Crippen LogP contribution in [0.5, 0.6) is 0 Å². The summed E-state index contributed by atoms with van der Waals surface area (Å²) in [4.78, 5) is 31.2. The van der Waals surface area contributed by atoms with Crippen LogP contribution in [0.2, 0.25) is 0 Å². The molecule has 2 aliphatic rings. The summed E-state index contributed by atoms with van der Waals surface area (Å²) in [6.07, 6.45) is 1.26. The maximum Gasteiger partial charge on any atom is 0.418 e. The summed E-state index contributed by atoms with van der Waals surface area (Å²) >= 11 is 0. The zero-order valence-corrected chi connectivity index (χ0v) is 18.7. The summed E-state index contributed by atoms with van der Waals surface area (Å²) in [6, 6.07) is 5.33. The number of benzene rings is 1. The largest absolute Gasteiger partial charge is 0.418 e. The Morgan fingerprint density at radius 1 is 1.00 bits per heavy atom. The highest BCUT2D eigenvalue weighted by Gasteiger charge is 2.34. The van der Waals surface area contributed by atoms with E-state index in [9.17, 15) is 22.8 Å². The number of carbonyl (C=O) groups is 2. The van der Waals surface area contributed by atoms with Crippen LogP contribution in [-0.4, -0.2) is 78.4 Å². The van der Waals surface area contributed by atoms with Gasteiger partial charge in [0.05, 0.1) is 24.3 Å². The van der Waals surface area contributed by atoms with E-state index in [0.29, 0.717) is 38.8 Å². The van der Waals surface area contributed by atoms with E-state index in [1.807, 2.05) is 16.7 Å². The van der Waals surface area contributed by atoms with E-state index in [1.165, 1.54) is 37.5 Å². The van der Waals surface area contributed by atoms with Crippen LogP contribution in [0, 0.1) is 0 Å². The molecule has 0 atom stereocenters. The highest BCUT2D eigenvalue weighted by molar-refractivity contribution is 5.93. The van der Waals surface area contributed by atoms with Crippen LogP contribution in [0.3, 0.4) is 0 Å². The predicted octanol–water partition coefficient (Wildman–Crippen LogP) is 3.44. The van der Waals surface area contributed by atoms with Crippen LogP contribution in [0.15, 0.2) is 24.3 Å². The van der Waals surface area contributed by atoms with Crippen molar-refractivity contribution in [3.8, 4) is 0 Å². The SMILES string of the molecule is CCN(C(=O)CN1CCN(CC(=O)Nc2ccccc2C(F)(F)F)CC1)C1CCCCC1. The van der Waals surface area contributed by atoms with Gasteiger partial charge in [0.15, 0.2) is 0 Å². The van der Waals surface area contributed by atoms with Crippen LogP contribution in [0.4, 0.5) is 18.9 Å². The molecule has 1 N–H and O–H groups in total. The molecule has 9 heteroatoms. The molecule has 1 heterocycles. The van der Waals surface area contributed by atoms with Gasteiger partial charge >= 0.3 is 6.18 Å². The first-order valence-electron chi connectivity index (χ1n) is 11.5. The average Bonchev–Trinajstić information content (AvgIpc) is 2.76. The molecular formula is C23H33F3N4O2. The van der Waals surface area contributed by atoms with Gasteiger partial charge in [0.1, 0.15) is 0 Å². The third kappa shape index (κ3) is 6.68. The lowest BCUT2D eigenvalue weighted by atomic mass is 9.94. The Labute approximate surface area is 187 Å². The van der Waals surface area contributed by atoms with E-state index >= 15 is 0 Å². The minimum atomic E-state index is -4.52. The van der Waals surface area contributed by atoms with E-state index in [2.05, 4.69) is 10.2 Å². The Balaban J connectivity index is 1.45. The summed E-state index contributed by atoms with van der Waals surface area (Å²) in [5, 5.41) is 2.39. The van der Waals surface area contributed by atoms with Crippen molar-refractivity contribution in [2.75, 3.05) is 51.1 Å². The van der Waals surface area contributed by atoms with Gasteiger partial charge in [0.25, 0.3) is 0 Å². The summed E-state index contributed by atoms with van der Waals surface area (Å²) in [7, 11) is 0. The second kappa shape index (κ2) is 11.1. The molecular weight excluding hydrogens is 421 g/mol. The van der Waals surface area contributed by atoms with E-state index in [1.54, 1.807) is 0 Å². The molecule has 0 radical (unpaired) electrons. The van der Waals surface area contributed by atoms with Crippen molar-refractivity contribution in [1.82, 2.24) is 14.7 Å². The summed E-state index contributed by atoms with van der Waals surface area (Å²) in [5.41, 5.74) is -1.08. The number of para-hydroxylation sites is 1. The first kappa shape index (κ1) is 24.5. The van der Waals surface area contributed by atoms with E-state index in [4.69, 9.17) is 0 Å². The van der Waals surface area contributed by atoms with Crippen molar-refractivity contribution < 1.29 is 22.8 Å². The number of hydrogen-bond acceptors (Lipinski definition) is 4. The van der Waals surface area contributed by atoms with E-state index in [0.717, 1.165) is 25.5 Å². The number of anilines is 1. The van der Waals surface area contributed by atoms with Crippen molar-refractivity contribution >= 4 is 17.5 Å². The Hall–Kier alpha value is -2.13. The molecule has 178 valence electrons. The average molecular weight is 455 g/mol. The lowest BCUT2D eigenvalue weighted by Gasteiger charge is -2.37. The number of nitrogens with one attached hydrogen (secondary N) is 1. The van der Waals surface area contributed by atoms with Crippen LogP contribution in [-0.2, 0) is 15.8 Å².